The first-order chi connectivity index (χ1) is 10.8. The van der Waals surface area contributed by atoms with E-state index in [9.17, 15) is 13.6 Å². The molecule has 1 aliphatic heterocycles. The minimum absolute atomic E-state index is 0.0240. The highest BCUT2D eigenvalue weighted by molar-refractivity contribution is 9.13. The summed E-state index contributed by atoms with van der Waals surface area (Å²) in [5.74, 6) is -2.86. The van der Waals surface area contributed by atoms with E-state index in [4.69, 9.17) is 20.8 Å². The first kappa shape index (κ1) is 16.4. The van der Waals surface area contributed by atoms with Crippen LogP contribution in [0.15, 0.2) is 42.4 Å². The molecule has 0 aliphatic carbocycles. The van der Waals surface area contributed by atoms with Crippen molar-refractivity contribution in [2.75, 3.05) is 0 Å². The largest absolute Gasteiger partial charge is 0.449 e. The number of nitrogens with zero attached hydrogens (tertiary/aromatic N) is 1. The number of cyclic esters (lactones) is 1. The summed E-state index contributed by atoms with van der Waals surface area (Å²) in [6, 6.07) is 3.21. The Balaban J connectivity index is 2.00. The quantitative estimate of drug-likeness (QED) is 0.352. The Labute approximate surface area is 150 Å². The van der Waals surface area contributed by atoms with Gasteiger partial charge in [-0.15, -0.1) is 0 Å². The van der Waals surface area contributed by atoms with Gasteiger partial charge in [0, 0.05) is 6.08 Å². The van der Waals surface area contributed by atoms with Crippen LogP contribution in [0.25, 0.3) is 6.08 Å². The molecule has 0 spiro atoms. The zero-order valence-corrected chi connectivity index (χ0v) is 14.8. The third-order valence-corrected chi connectivity index (χ3v) is 4.83. The van der Waals surface area contributed by atoms with E-state index in [0.29, 0.717) is 14.9 Å². The highest BCUT2D eigenvalue weighted by Crippen LogP contribution is 2.30. The molecular weight excluding hydrogens is 463 g/mol. The van der Waals surface area contributed by atoms with E-state index >= 15 is 0 Å². The van der Waals surface area contributed by atoms with Crippen molar-refractivity contribution in [3.8, 4) is 0 Å². The van der Waals surface area contributed by atoms with Crippen molar-refractivity contribution in [1.82, 2.24) is 0 Å². The molecule has 9 heteroatoms. The molecule has 23 heavy (non-hydrogen) atoms. The summed E-state index contributed by atoms with van der Waals surface area (Å²) in [7, 11) is 0. The number of furan rings is 1. The fraction of sp³-hybridized carbons (Fsp3) is 0. The van der Waals surface area contributed by atoms with Gasteiger partial charge in [0.25, 0.3) is 0 Å². The monoisotopic (exact) mass is 465 g/mol. The third-order valence-electron chi connectivity index (χ3n) is 2.80. The zero-order chi connectivity index (χ0) is 16.7. The zero-order valence-electron chi connectivity index (χ0n) is 10.9. The molecule has 0 unspecified atom stereocenters. The number of hydrogen-bond acceptors (Lipinski definition) is 4. The Bertz CT molecular complexity index is 873. The van der Waals surface area contributed by atoms with Gasteiger partial charge in [0.15, 0.2) is 22.0 Å². The molecule has 0 saturated carbocycles. The molecule has 0 bridgehead atoms. The number of aliphatic imine (C=N–C) groups is 1. The van der Waals surface area contributed by atoms with Crippen LogP contribution in [0.1, 0.15) is 11.3 Å². The topological polar surface area (TPSA) is 51.8 Å². The molecule has 1 aromatic heterocycles. The molecule has 1 aromatic carbocycles. The van der Waals surface area contributed by atoms with Gasteiger partial charge in [0.1, 0.15) is 5.76 Å². The van der Waals surface area contributed by atoms with Crippen molar-refractivity contribution in [3.63, 3.8) is 0 Å². The summed E-state index contributed by atoms with van der Waals surface area (Å²) in [6.07, 6.45) is 1.35. The summed E-state index contributed by atoms with van der Waals surface area (Å²) < 4.78 is 37.8. The van der Waals surface area contributed by atoms with Crippen molar-refractivity contribution in [1.29, 1.82) is 0 Å². The second-order valence-electron chi connectivity index (χ2n) is 4.35. The van der Waals surface area contributed by atoms with E-state index in [1.165, 1.54) is 6.08 Å². The molecule has 0 amide bonds. The van der Waals surface area contributed by atoms with E-state index in [2.05, 4.69) is 36.9 Å². The SMILES string of the molecule is O=C1OC(c2cc(F)c(F)cc2Cl)=N/C1=C/c1cc(Br)c(Br)o1. The Morgan fingerprint density at radius 1 is 1.17 bits per heavy atom. The standard InChI is InChI=1S/C14H4Br2ClF2NO3/c15-7-1-5(22-12(7)16)2-11-14(21)23-13(20-11)6-3-9(18)10(19)4-8(6)17/h1-4H/b11-2+. The van der Waals surface area contributed by atoms with Gasteiger partial charge in [-0.2, -0.15) is 0 Å². The van der Waals surface area contributed by atoms with Gasteiger partial charge < -0.3 is 9.15 Å². The van der Waals surface area contributed by atoms with Gasteiger partial charge in [0.2, 0.25) is 5.90 Å². The normalized spacial score (nSPS) is 16.0. The van der Waals surface area contributed by atoms with Crippen LogP contribution in [-0.4, -0.2) is 11.9 Å². The van der Waals surface area contributed by atoms with E-state index in [-0.39, 0.29) is 22.2 Å². The van der Waals surface area contributed by atoms with Crippen LogP contribution in [0.4, 0.5) is 8.78 Å². The number of halogens is 5. The molecule has 0 fully saturated rings. The molecule has 118 valence electrons. The van der Waals surface area contributed by atoms with Gasteiger partial charge >= 0.3 is 5.97 Å². The summed E-state index contributed by atoms with van der Waals surface area (Å²) >= 11 is 12.2. The highest BCUT2D eigenvalue weighted by atomic mass is 79.9. The van der Waals surface area contributed by atoms with Crippen molar-refractivity contribution in [3.05, 3.63) is 61.0 Å². The molecule has 3 rings (SSSR count). The van der Waals surface area contributed by atoms with Crippen LogP contribution in [0.2, 0.25) is 5.02 Å². The van der Waals surface area contributed by atoms with Crippen LogP contribution < -0.4 is 0 Å². The van der Waals surface area contributed by atoms with Crippen molar-refractivity contribution in [2.45, 2.75) is 0 Å². The molecular formula is C14H4Br2ClF2NO3. The lowest BCUT2D eigenvalue weighted by molar-refractivity contribution is -0.129. The molecule has 4 nitrogen and oxygen atoms in total. The molecule has 0 radical (unpaired) electrons. The predicted molar refractivity (Wildman–Crippen MR) is 86.1 cm³/mol. The smallest absolute Gasteiger partial charge is 0.363 e. The second-order valence-corrected chi connectivity index (χ2v) is 6.33. The van der Waals surface area contributed by atoms with Gasteiger partial charge in [-0.3, -0.25) is 0 Å². The third kappa shape index (κ3) is 3.24. The van der Waals surface area contributed by atoms with Crippen molar-refractivity contribution >= 4 is 61.4 Å². The summed E-state index contributed by atoms with van der Waals surface area (Å²) in [5.41, 5.74) is -0.0846. The maximum Gasteiger partial charge on any atom is 0.363 e. The van der Waals surface area contributed by atoms with Crippen molar-refractivity contribution in [2.24, 2.45) is 4.99 Å². The second kappa shape index (κ2) is 6.18. The molecule has 0 atom stereocenters. The minimum Gasteiger partial charge on any atom is -0.449 e. The first-order valence-electron chi connectivity index (χ1n) is 5.97. The van der Waals surface area contributed by atoms with E-state index in [1.807, 2.05) is 0 Å². The number of ether oxygens (including phenoxy) is 1. The lowest BCUT2D eigenvalue weighted by Crippen LogP contribution is -2.07. The predicted octanol–water partition coefficient (Wildman–Crippen LogP) is 5.08. The highest BCUT2D eigenvalue weighted by Gasteiger charge is 2.27. The minimum atomic E-state index is -1.13. The molecule has 2 heterocycles. The average molecular weight is 467 g/mol. The maximum atomic E-state index is 13.3. The van der Waals surface area contributed by atoms with E-state index in [0.717, 1.165) is 12.1 Å². The summed E-state index contributed by atoms with van der Waals surface area (Å²) in [4.78, 5) is 15.8. The van der Waals surface area contributed by atoms with Crippen LogP contribution >= 0.6 is 43.5 Å². The Kier molecular flexibility index (Phi) is 4.39. The molecule has 0 saturated heterocycles. The van der Waals surface area contributed by atoms with Crippen LogP contribution in [0, 0.1) is 11.6 Å². The van der Waals surface area contributed by atoms with Gasteiger partial charge in [-0.05, 0) is 50.1 Å². The lowest BCUT2D eigenvalue weighted by Gasteiger charge is -2.03. The van der Waals surface area contributed by atoms with Gasteiger partial charge in [-0.1, -0.05) is 11.6 Å². The number of hydrogen-bond donors (Lipinski definition) is 0. The first-order valence-corrected chi connectivity index (χ1v) is 7.94. The summed E-state index contributed by atoms with van der Waals surface area (Å²) in [5, 5.41) is -0.125. The van der Waals surface area contributed by atoms with E-state index < -0.39 is 17.6 Å². The number of esters is 1. The Morgan fingerprint density at radius 2 is 1.87 bits per heavy atom. The fourth-order valence-corrected chi connectivity index (χ4v) is 2.62. The van der Waals surface area contributed by atoms with E-state index in [1.54, 1.807) is 6.07 Å². The fourth-order valence-electron chi connectivity index (χ4n) is 1.78. The van der Waals surface area contributed by atoms with Crippen LogP contribution in [0.3, 0.4) is 0 Å². The van der Waals surface area contributed by atoms with Crippen LogP contribution in [-0.2, 0) is 9.53 Å². The number of rotatable bonds is 2. The number of carbonyl (C=O) groups excluding carboxylic acids is 1. The summed E-state index contributed by atoms with van der Waals surface area (Å²) in [6.45, 7) is 0. The number of benzene rings is 1. The number of carbonyl (C=O) groups is 1. The van der Waals surface area contributed by atoms with Crippen LogP contribution in [0.5, 0.6) is 0 Å². The lowest BCUT2D eigenvalue weighted by atomic mass is 10.2. The maximum absolute atomic E-state index is 13.3. The van der Waals surface area contributed by atoms with Gasteiger partial charge in [0.05, 0.1) is 15.1 Å². The molecule has 1 aliphatic rings. The Morgan fingerprint density at radius 3 is 2.52 bits per heavy atom. The van der Waals surface area contributed by atoms with Gasteiger partial charge in [-0.25, -0.2) is 18.6 Å². The average Bonchev–Trinajstić information content (AvgIpc) is 2.98. The molecule has 2 aromatic rings. The molecule has 0 N–H and O–H groups in total. The Hall–Kier alpha value is -1.51. The van der Waals surface area contributed by atoms with Crippen molar-refractivity contribution < 1.29 is 22.7 Å².